The van der Waals surface area contributed by atoms with Crippen molar-refractivity contribution in [3.8, 4) is 0 Å². The van der Waals surface area contributed by atoms with Gasteiger partial charge in [0.15, 0.2) is 8.32 Å². The summed E-state index contributed by atoms with van der Waals surface area (Å²) >= 11 is 2.24. The third-order valence-electron chi connectivity index (χ3n) is 3.22. The molecule has 0 spiro atoms. The first-order valence-electron chi connectivity index (χ1n) is 5.60. The molecule has 0 aliphatic rings. The van der Waals surface area contributed by atoms with Gasteiger partial charge in [-0.15, -0.1) is 0 Å². The molecule has 0 aromatic rings. The average Bonchev–Trinajstić information content (AvgIpc) is 2.09. The van der Waals surface area contributed by atoms with Crippen molar-refractivity contribution in [2.75, 3.05) is 13.7 Å². The van der Waals surface area contributed by atoms with Gasteiger partial charge >= 0.3 is 0 Å². The molecule has 4 heteroatoms. The van der Waals surface area contributed by atoms with Gasteiger partial charge in [0.05, 0.1) is 12.7 Å². The van der Waals surface area contributed by atoms with Gasteiger partial charge in [-0.2, -0.15) is 0 Å². The lowest BCUT2D eigenvalue weighted by molar-refractivity contribution is 0.0551. The predicted molar refractivity (Wildman–Crippen MR) is 81.7 cm³/mol. The molecule has 96 valence electrons. The minimum Gasteiger partial charge on any atom is -0.414 e. The number of rotatable bonds is 6. The van der Waals surface area contributed by atoms with Gasteiger partial charge in [0.25, 0.3) is 0 Å². The van der Waals surface area contributed by atoms with E-state index >= 15 is 0 Å². The number of ether oxygens (including phenoxy) is 1. The molecule has 0 aliphatic carbocycles. The maximum atomic E-state index is 6.12. The first-order chi connectivity index (χ1) is 7.10. The number of methoxy groups -OCH3 is 1. The maximum Gasteiger partial charge on any atom is 0.192 e. The van der Waals surface area contributed by atoms with E-state index in [1.54, 1.807) is 7.11 Å². The normalized spacial score (nSPS) is 14.9. The zero-order valence-electron chi connectivity index (χ0n) is 11.4. The van der Waals surface area contributed by atoms with E-state index < -0.39 is 8.32 Å². The van der Waals surface area contributed by atoms with Crippen LogP contribution in [0.25, 0.3) is 0 Å². The summed E-state index contributed by atoms with van der Waals surface area (Å²) in [5.41, 5.74) is 0. The van der Waals surface area contributed by atoms with Crippen LogP contribution in [0.5, 0.6) is 0 Å². The first-order valence-corrected chi connectivity index (χ1v) is 9.59. The molecular formula is C12H25IO2Si. The molecule has 0 heterocycles. The van der Waals surface area contributed by atoms with Crippen molar-refractivity contribution in [1.82, 2.24) is 0 Å². The third kappa shape index (κ3) is 5.79. The summed E-state index contributed by atoms with van der Waals surface area (Å²) in [4.78, 5) is 0. The van der Waals surface area contributed by atoms with Crippen molar-refractivity contribution in [3.63, 3.8) is 0 Å². The lowest BCUT2D eigenvalue weighted by Crippen LogP contribution is -2.42. The van der Waals surface area contributed by atoms with Gasteiger partial charge in [0, 0.05) is 13.5 Å². The molecule has 0 rings (SSSR count). The highest BCUT2D eigenvalue weighted by Crippen LogP contribution is 2.36. The van der Waals surface area contributed by atoms with Crippen LogP contribution >= 0.6 is 22.6 Å². The Balaban J connectivity index is 4.26. The number of hydrogen-bond acceptors (Lipinski definition) is 2. The van der Waals surface area contributed by atoms with Gasteiger partial charge in [-0.1, -0.05) is 27.4 Å². The van der Waals surface area contributed by atoms with Gasteiger partial charge in [0.1, 0.15) is 0 Å². The average molecular weight is 356 g/mol. The van der Waals surface area contributed by atoms with E-state index in [1.807, 2.05) is 0 Å². The van der Waals surface area contributed by atoms with Crippen LogP contribution in [0.3, 0.4) is 0 Å². The highest BCUT2D eigenvalue weighted by molar-refractivity contribution is 14.1. The zero-order chi connectivity index (χ0) is 13.0. The van der Waals surface area contributed by atoms with E-state index in [1.165, 1.54) is 0 Å². The molecule has 16 heavy (non-hydrogen) atoms. The Morgan fingerprint density at radius 3 is 2.19 bits per heavy atom. The quantitative estimate of drug-likeness (QED) is 0.520. The Labute approximate surface area is 115 Å². The molecule has 0 unspecified atom stereocenters. The molecule has 0 saturated heterocycles. The highest BCUT2D eigenvalue weighted by Gasteiger charge is 2.37. The topological polar surface area (TPSA) is 18.5 Å². The fourth-order valence-corrected chi connectivity index (χ4v) is 2.50. The van der Waals surface area contributed by atoms with Crippen LogP contribution < -0.4 is 0 Å². The second kappa shape index (κ2) is 6.52. The molecule has 0 aliphatic heterocycles. The van der Waals surface area contributed by atoms with Crippen LogP contribution in [0.4, 0.5) is 0 Å². The van der Waals surface area contributed by atoms with Gasteiger partial charge in [-0.25, -0.2) is 0 Å². The van der Waals surface area contributed by atoms with Gasteiger partial charge in [-0.05, 0) is 44.3 Å². The van der Waals surface area contributed by atoms with Crippen molar-refractivity contribution in [2.45, 2.75) is 51.4 Å². The monoisotopic (exact) mass is 356 g/mol. The molecule has 0 radical (unpaired) electrons. The molecule has 1 atom stereocenters. The summed E-state index contributed by atoms with van der Waals surface area (Å²) in [6.07, 6.45) is 1.00. The minimum absolute atomic E-state index is 0.138. The van der Waals surface area contributed by atoms with Crippen LogP contribution in [0.15, 0.2) is 10.2 Å². The van der Waals surface area contributed by atoms with Crippen molar-refractivity contribution in [1.29, 1.82) is 0 Å². The lowest BCUT2D eigenvalue weighted by Gasteiger charge is -2.37. The summed E-state index contributed by atoms with van der Waals surface area (Å²) < 4.78 is 12.6. The summed E-state index contributed by atoms with van der Waals surface area (Å²) in [6, 6.07) is 0. The van der Waals surface area contributed by atoms with Gasteiger partial charge < -0.3 is 9.16 Å². The fourth-order valence-electron chi connectivity index (χ4n) is 0.975. The second-order valence-corrected chi connectivity index (χ2v) is 12.0. The standard InChI is InChI=1S/C12H25IO2Si/c1-10(13)8-11(14-5)9-15-16(6,7)12(2,3)4/h11H,1,8-9H2,2-7H3/t11-/m1/s1. The van der Waals surface area contributed by atoms with Crippen molar-refractivity contribution < 1.29 is 9.16 Å². The van der Waals surface area contributed by atoms with Crippen LogP contribution in [-0.4, -0.2) is 28.1 Å². The molecule has 2 nitrogen and oxygen atoms in total. The van der Waals surface area contributed by atoms with Crippen LogP contribution in [0.1, 0.15) is 27.2 Å². The second-order valence-electron chi connectivity index (χ2n) is 5.65. The molecule has 0 aromatic carbocycles. The smallest absolute Gasteiger partial charge is 0.192 e. The fraction of sp³-hybridized carbons (Fsp3) is 0.833. The predicted octanol–water partition coefficient (Wildman–Crippen LogP) is 4.36. The number of hydrogen-bond donors (Lipinski definition) is 0. The van der Waals surface area contributed by atoms with Crippen molar-refractivity contribution in [2.24, 2.45) is 0 Å². The third-order valence-corrected chi connectivity index (χ3v) is 8.16. The Kier molecular flexibility index (Phi) is 6.76. The van der Waals surface area contributed by atoms with Gasteiger partial charge in [0.2, 0.25) is 0 Å². The number of halogens is 1. The van der Waals surface area contributed by atoms with E-state index in [-0.39, 0.29) is 11.1 Å². The van der Waals surface area contributed by atoms with Crippen molar-refractivity contribution >= 4 is 30.9 Å². The Morgan fingerprint density at radius 1 is 1.38 bits per heavy atom. The van der Waals surface area contributed by atoms with E-state index in [0.29, 0.717) is 6.61 Å². The molecule has 0 bridgehead atoms. The van der Waals surface area contributed by atoms with Crippen LogP contribution in [0.2, 0.25) is 18.1 Å². The van der Waals surface area contributed by atoms with Crippen LogP contribution in [-0.2, 0) is 9.16 Å². The molecule has 0 N–H and O–H groups in total. The summed E-state index contributed by atoms with van der Waals surface area (Å²) in [6.45, 7) is 15.8. The first kappa shape index (κ1) is 16.6. The molecule has 0 amide bonds. The van der Waals surface area contributed by atoms with Crippen LogP contribution in [0, 0.1) is 0 Å². The summed E-state index contributed by atoms with van der Waals surface area (Å²) in [5, 5.41) is 0.257. The molecular weight excluding hydrogens is 331 g/mol. The summed E-state index contributed by atoms with van der Waals surface area (Å²) in [7, 11) is 0.0883. The molecule has 0 saturated carbocycles. The van der Waals surface area contributed by atoms with E-state index in [2.05, 4.69) is 63.0 Å². The SMILES string of the molecule is C=C(I)C[C@H](CO[Si](C)(C)C(C)(C)C)OC. The van der Waals surface area contributed by atoms with Gasteiger partial charge in [-0.3, -0.25) is 0 Å². The largest absolute Gasteiger partial charge is 0.414 e. The zero-order valence-corrected chi connectivity index (χ0v) is 14.6. The summed E-state index contributed by atoms with van der Waals surface area (Å²) in [5.74, 6) is 0. The molecule has 0 aromatic heterocycles. The van der Waals surface area contributed by atoms with Crippen molar-refractivity contribution in [3.05, 3.63) is 10.2 Å². The lowest BCUT2D eigenvalue weighted by atomic mass is 10.2. The maximum absolute atomic E-state index is 6.12. The van der Waals surface area contributed by atoms with E-state index in [9.17, 15) is 0 Å². The van der Waals surface area contributed by atoms with E-state index in [0.717, 1.165) is 10.0 Å². The Hall–Kier alpha value is 0.607. The Morgan fingerprint density at radius 2 is 1.88 bits per heavy atom. The highest BCUT2D eigenvalue weighted by atomic mass is 127. The minimum atomic E-state index is -1.65. The Bertz CT molecular complexity index is 234. The van der Waals surface area contributed by atoms with E-state index in [4.69, 9.17) is 9.16 Å². The molecule has 0 fully saturated rings.